The van der Waals surface area contributed by atoms with Crippen molar-refractivity contribution in [2.45, 2.75) is 12.8 Å². The quantitative estimate of drug-likeness (QED) is 0.464. The van der Waals surface area contributed by atoms with E-state index in [2.05, 4.69) is 26.8 Å². The Labute approximate surface area is 185 Å². The fraction of sp³-hybridized carbons (Fsp3) is 0.190. The highest BCUT2D eigenvalue weighted by molar-refractivity contribution is 6.32. The highest BCUT2D eigenvalue weighted by Gasteiger charge is 2.19. The van der Waals surface area contributed by atoms with E-state index in [9.17, 15) is 5.26 Å². The average Bonchev–Trinajstić information content (AvgIpc) is 2.70. The van der Waals surface area contributed by atoms with Gasteiger partial charge in [-0.2, -0.15) is 5.26 Å². The molecule has 30 heavy (non-hydrogen) atoms. The van der Waals surface area contributed by atoms with E-state index in [1.165, 1.54) is 6.33 Å². The summed E-state index contributed by atoms with van der Waals surface area (Å²) in [7, 11) is 3.67. The van der Waals surface area contributed by atoms with E-state index in [-0.39, 0.29) is 0 Å². The van der Waals surface area contributed by atoms with Crippen LogP contribution in [0.15, 0.2) is 42.7 Å². The van der Waals surface area contributed by atoms with Crippen LogP contribution >= 0.6 is 23.2 Å². The van der Waals surface area contributed by atoms with Gasteiger partial charge in [-0.15, -0.1) is 0 Å². The second kappa shape index (κ2) is 9.18. The van der Waals surface area contributed by atoms with E-state index < -0.39 is 5.92 Å². The number of benzene rings is 2. The molecular formula is C21H21Cl2N7. The minimum absolute atomic E-state index is 0.377. The van der Waals surface area contributed by atoms with E-state index in [0.717, 1.165) is 22.4 Å². The number of hydrazine groups is 1. The molecule has 0 aliphatic rings. The molecule has 0 amide bonds. The number of nitrogens with one attached hydrogen (secondary N) is 2. The maximum Gasteiger partial charge on any atom is 0.169 e. The third-order valence-electron chi connectivity index (χ3n) is 4.45. The number of nitrogen functional groups attached to an aromatic ring is 1. The third kappa shape index (κ3) is 4.74. The first kappa shape index (κ1) is 21.7. The lowest BCUT2D eigenvalue weighted by atomic mass is 9.91. The molecule has 0 fully saturated rings. The monoisotopic (exact) mass is 441 g/mol. The van der Waals surface area contributed by atoms with Gasteiger partial charge in [-0.3, -0.25) is 0 Å². The predicted octanol–water partition coefficient (Wildman–Crippen LogP) is 4.96. The minimum atomic E-state index is -0.512. The topological polar surface area (TPSA) is 103 Å². The van der Waals surface area contributed by atoms with Crippen LogP contribution in [0.3, 0.4) is 0 Å². The van der Waals surface area contributed by atoms with Crippen LogP contribution in [0, 0.1) is 18.3 Å². The van der Waals surface area contributed by atoms with Crippen LogP contribution in [-0.4, -0.2) is 29.1 Å². The number of hydrogen-bond donors (Lipinski definition) is 3. The molecule has 1 unspecified atom stereocenters. The van der Waals surface area contributed by atoms with Crippen molar-refractivity contribution in [3.05, 3.63) is 69.5 Å². The maximum atomic E-state index is 9.76. The molecule has 0 radical (unpaired) electrons. The Morgan fingerprint density at radius 3 is 2.40 bits per heavy atom. The maximum absolute atomic E-state index is 9.76. The highest BCUT2D eigenvalue weighted by atomic mass is 35.5. The first-order valence-corrected chi connectivity index (χ1v) is 9.82. The van der Waals surface area contributed by atoms with Gasteiger partial charge in [0.2, 0.25) is 0 Å². The number of nitrogens with zero attached hydrogens (tertiary/aromatic N) is 4. The van der Waals surface area contributed by atoms with Crippen LogP contribution in [0.4, 0.5) is 23.0 Å². The molecule has 0 bridgehead atoms. The summed E-state index contributed by atoms with van der Waals surface area (Å²) in [6.07, 6.45) is 1.42. The van der Waals surface area contributed by atoms with E-state index in [1.54, 1.807) is 23.2 Å². The standard InChI is InChI=1S/C21H21Cl2N7/c1-12-8-15(16(10-24)13-4-6-14(22)7-5-13)17(23)9-18(12)28-20-19(25)21(27-11-26-20)29-30(2)3/h4-9,11,16H,25H2,1-3H3,(H2,26,27,28,29). The Balaban J connectivity index is 1.94. The average molecular weight is 442 g/mol. The summed E-state index contributed by atoms with van der Waals surface area (Å²) >= 11 is 12.5. The van der Waals surface area contributed by atoms with Crippen LogP contribution in [0.25, 0.3) is 0 Å². The van der Waals surface area contributed by atoms with Crippen molar-refractivity contribution >= 4 is 46.2 Å². The van der Waals surface area contributed by atoms with Gasteiger partial charge < -0.3 is 16.5 Å². The van der Waals surface area contributed by atoms with Crippen molar-refractivity contribution in [2.24, 2.45) is 0 Å². The van der Waals surface area contributed by atoms with Crippen molar-refractivity contribution in [1.29, 1.82) is 5.26 Å². The lowest BCUT2D eigenvalue weighted by molar-refractivity contribution is 0.492. The number of halogens is 2. The van der Waals surface area contributed by atoms with Crippen molar-refractivity contribution in [2.75, 3.05) is 30.6 Å². The fourth-order valence-corrected chi connectivity index (χ4v) is 3.36. The molecule has 2 aromatic carbocycles. The van der Waals surface area contributed by atoms with Gasteiger partial charge in [-0.05, 0) is 41.8 Å². The lowest BCUT2D eigenvalue weighted by Crippen LogP contribution is -2.21. The number of nitrogens with two attached hydrogens (primary N) is 1. The molecule has 3 rings (SSSR count). The summed E-state index contributed by atoms with van der Waals surface area (Å²) in [5, 5.41) is 15.8. The molecule has 0 aliphatic carbocycles. The normalized spacial score (nSPS) is 11.8. The molecular weight excluding hydrogens is 421 g/mol. The largest absolute Gasteiger partial charge is 0.393 e. The molecule has 0 aliphatic heterocycles. The smallest absolute Gasteiger partial charge is 0.169 e. The summed E-state index contributed by atoms with van der Waals surface area (Å²) in [5.41, 5.74) is 12.8. The third-order valence-corrected chi connectivity index (χ3v) is 5.03. The van der Waals surface area contributed by atoms with Crippen molar-refractivity contribution in [3.8, 4) is 6.07 Å². The second-order valence-corrected chi connectivity index (χ2v) is 7.76. The van der Waals surface area contributed by atoms with Crippen LogP contribution in [0.1, 0.15) is 22.6 Å². The van der Waals surface area contributed by atoms with Gasteiger partial charge in [0.1, 0.15) is 12.0 Å². The highest BCUT2D eigenvalue weighted by Crippen LogP contribution is 2.36. The molecule has 1 aromatic heterocycles. The number of rotatable bonds is 6. The van der Waals surface area contributed by atoms with E-state index in [1.807, 2.05) is 39.2 Å². The van der Waals surface area contributed by atoms with Crippen LogP contribution in [-0.2, 0) is 0 Å². The molecule has 0 saturated carbocycles. The van der Waals surface area contributed by atoms with Crippen LogP contribution < -0.4 is 16.5 Å². The number of nitriles is 1. The van der Waals surface area contributed by atoms with Crippen LogP contribution in [0.2, 0.25) is 10.0 Å². The Kier molecular flexibility index (Phi) is 6.63. The SMILES string of the molecule is Cc1cc(C(C#N)c2ccc(Cl)cc2)c(Cl)cc1Nc1ncnc(NN(C)C)c1N. The van der Waals surface area contributed by atoms with E-state index in [4.69, 9.17) is 28.9 Å². The Morgan fingerprint density at radius 2 is 1.77 bits per heavy atom. The summed E-state index contributed by atoms with van der Waals surface area (Å²) < 4.78 is 0. The molecule has 0 saturated heterocycles. The summed E-state index contributed by atoms with van der Waals surface area (Å²) in [5.74, 6) is 0.434. The summed E-state index contributed by atoms with van der Waals surface area (Å²) in [6.45, 7) is 1.93. The second-order valence-electron chi connectivity index (χ2n) is 6.92. The molecule has 1 atom stereocenters. The lowest BCUT2D eigenvalue weighted by Gasteiger charge is -2.18. The number of aromatic nitrogens is 2. The Bertz CT molecular complexity index is 1090. The van der Waals surface area contributed by atoms with E-state index in [0.29, 0.717) is 27.4 Å². The molecule has 7 nitrogen and oxygen atoms in total. The minimum Gasteiger partial charge on any atom is -0.393 e. The zero-order chi connectivity index (χ0) is 21.8. The predicted molar refractivity (Wildman–Crippen MR) is 122 cm³/mol. The van der Waals surface area contributed by atoms with Gasteiger partial charge in [0.05, 0.1) is 12.0 Å². The van der Waals surface area contributed by atoms with Crippen molar-refractivity contribution in [3.63, 3.8) is 0 Å². The van der Waals surface area contributed by atoms with Gasteiger partial charge in [0, 0.05) is 29.8 Å². The Hall–Kier alpha value is -3.05. The van der Waals surface area contributed by atoms with Gasteiger partial charge in [0.15, 0.2) is 11.6 Å². The molecule has 3 aromatic rings. The summed E-state index contributed by atoms with van der Waals surface area (Å²) in [6, 6.07) is 13.2. The number of anilines is 4. The van der Waals surface area contributed by atoms with Gasteiger partial charge >= 0.3 is 0 Å². The van der Waals surface area contributed by atoms with Gasteiger partial charge in [-0.25, -0.2) is 15.0 Å². The van der Waals surface area contributed by atoms with Crippen molar-refractivity contribution < 1.29 is 0 Å². The molecule has 9 heteroatoms. The van der Waals surface area contributed by atoms with E-state index >= 15 is 0 Å². The molecule has 4 N–H and O–H groups in total. The Morgan fingerprint density at radius 1 is 1.10 bits per heavy atom. The van der Waals surface area contributed by atoms with Gasteiger partial charge in [0.25, 0.3) is 0 Å². The molecule has 1 heterocycles. The number of hydrogen-bond acceptors (Lipinski definition) is 7. The zero-order valence-electron chi connectivity index (χ0n) is 16.7. The molecule has 154 valence electrons. The van der Waals surface area contributed by atoms with Crippen molar-refractivity contribution in [1.82, 2.24) is 15.0 Å². The van der Waals surface area contributed by atoms with Gasteiger partial charge in [-0.1, -0.05) is 41.4 Å². The van der Waals surface area contributed by atoms with Crippen LogP contribution in [0.5, 0.6) is 0 Å². The molecule has 0 spiro atoms. The fourth-order valence-electron chi connectivity index (χ4n) is 2.96. The first-order chi connectivity index (χ1) is 14.3. The first-order valence-electron chi connectivity index (χ1n) is 9.06. The zero-order valence-corrected chi connectivity index (χ0v) is 18.3. The summed E-state index contributed by atoms with van der Waals surface area (Å²) in [4.78, 5) is 8.38. The number of aryl methyl sites for hydroxylation is 1.